The summed E-state index contributed by atoms with van der Waals surface area (Å²) in [7, 11) is 0. The van der Waals surface area contributed by atoms with Crippen LogP contribution in [0.4, 0.5) is 0 Å². The SMILES string of the molecule is CCC(CC)(CO)CNC/C=C/c1ccccc1. The molecule has 2 nitrogen and oxygen atoms in total. The zero-order chi connectivity index (χ0) is 13.3. The van der Waals surface area contributed by atoms with Crippen molar-refractivity contribution in [3.63, 3.8) is 0 Å². The van der Waals surface area contributed by atoms with Crippen LogP contribution in [0.5, 0.6) is 0 Å². The van der Waals surface area contributed by atoms with E-state index in [0.29, 0.717) is 0 Å². The van der Waals surface area contributed by atoms with Gasteiger partial charge < -0.3 is 10.4 Å². The molecular formula is C16H25NO. The fraction of sp³-hybridized carbons (Fsp3) is 0.500. The van der Waals surface area contributed by atoms with Crippen LogP contribution in [0.15, 0.2) is 36.4 Å². The van der Waals surface area contributed by atoms with Crippen molar-refractivity contribution in [2.24, 2.45) is 5.41 Å². The molecular weight excluding hydrogens is 222 g/mol. The third-order valence-corrected chi connectivity index (χ3v) is 3.71. The van der Waals surface area contributed by atoms with Gasteiger partial charge >= 0.3 is 0 Å². The van der Waals surface area contributed by atoms with Gasteiger partial charge in [-0.05, 0) is 18.4 Å². The standard InChI is InChI=1S/C16H25NO/c1-3-16(4-2,14-18)13-17-12-8-11-15-9-6-5-7-10-15/h5-11,17-18H,3-4,12-14H2,1-2H3/b11-8+. The minimum atomic E-state index is 0.0422. The molecule has 1 aromatic carbocycles. The van der Waals surface area contributed by atoms with E-state index < -0.39 is 0 Å². The topological polar surface area (TPSA) is 32.3 Å². The molecule has 2 heteroatoms. The lowest BCUT2D eigenvalue weighted by Gasteiger charge is -2.29. The van der Waals surface area contributed by atoms with Crippen LogP contribution in [-0.2, 0) is 0 Å². The lowest BCUT2D eigenvalue weighted by Crippen LogP contribution is -2.36. The van der Waals surface area contributed by atoms with Crippen molar-refractivity contribution in [3.05, 3.63) is 42.0 Å². The Kier molecular flexibility index (Phi) is 6.69. The van der Waals surface area contributed by atoms with Crippen molar-refractivity contribution >= 4 is 6.08 Å². The summed E-state index contributed by atoms with van der Waals surface area (Å²) in [6.07, 6.45) is 6.26. The number of rotatable bonds is 8. The summed E-state index contributed by atoms with van der Waals surface area (Å²) < 4.78 is 0. The van der Waals surface area contributed by atoms with E-state index in [2.05, 4.69) is 43.4 Å². The van der Waals surface area contributed by atoms with E-state index in [1.165, 1.54) is 5.56 Å². The first-order valence-corrected chi connectivity index (χ1v) is 6.79. The molecule has 0 aliphatic rings. The van der Waals surface area contributed by atoms with Gasteiger partial charge in [-0.3, -0.25) is 0 Å². The molecule has 0 radical (unpaired) electrons. The number of nitrogens with one attached hydrogen (secondary N) is 1. The number of benzene rings is 1. The number of aliphatic hydroxyl groups is 1. The summed E-state index contributed by atoms with van der Waals surface area (Å²) in [5, 5.41) is 12.9. The van der Waals surface area contributed by atoms with Crippen molar-refractivity contribution in [3.8, 4) is 0 Å². The van der Waals surface area contributed by atoms with Crippen LogP contribution in [0.1, 0.15) is 32.3 Å². The summed E-state index contributed by atoms with van der Waals surface area (Å²) >= 11 is 0. The molecule has 0 fully saturated rings. The Morgan fingerprint density at radius 2 is 1.83 bits per heavy atom. The van der Waals surface area contributed by atoms with Gasteiger partial charge in [0.2, 0.25) is 0 Å². The van der Waals surface area contributed by atoms with Gasteiger partial charge in [-0.2, -0.15) is 0 Å². The summed E-state index contributed by atoms with van der Waals surface area (Å²) in [5.41, 5.74) is 1.26. The average molecular weight is 247 g/mol. The van der Waals surface area contributed by atoms with Crippen LogP contribution in [0.3, 0.4) is 0 Å². The Morgan fingerprint density at radius 1 is 1.17 bits per heavy atom. The molecule has 18 heavy (non-hydrogen) atoms. The Labute approximate surface area is 111 Å². The second kappa shape index (κ2) is 8.06. The molecule has 100 valence electrons. The van der Waals surface area contributed by atoms with Crippen LogP contribution in [0.2, 0.25) is 0 Å². The summed E-state index contributed by atoms with van der Waals surface area (Å²) in [4.78, 5) is 0. The molecule has 0 aliphatic heterocycles. The van der Waals surface area contributed by atoms with E-state index >= 15 is 0 Å². The smallest absolute Gasteiger partial charge is 0.0499 e. The van der Waals surface area contributed by atoms with E-state index in [4.69, 9.17) is 0 Å². The fourth-order valence-electron chi connectivity index (χ4n) is 1.96. The van der Waals surface area contributed by atoms with Gasteiger partial charge in [-0.15, -0.1) is 0 Å². The van der Waals surface area contributed by atoms with Crippen molar-refractivity contribution in [2.75, 3.05) is 19.7 Å². The van der Waals surface area contributed by atoms with Gasteiger partial charge in [0.15, 0.2) is 0 Å². The quantitative estimate of drug-likeness (QED) is 0.692. The zero-order valence-electron chi connectivity index (χ0n) is 11.5. The van der Waals surface area contributed by atoms with Gasteiger partial charge in [0.1, 0.15) is 0 Å². The van der Waals surface area contributed by atoms with Crippen LogP contribution in [0.25, 0.3) is 6.08 Å². The van der Waals surface area contributed by atoms with Crippen molar-refractivity contribution in [1.29, 1.82) is 0 Å². The molecule has 0 heterocycles. The monoisotopic (exact) mass is 247 g/mol. The number of hydrogen-bond acceptors (Lipinski definition) is 2. The molecule has 1 rings (SSSR count). The van der Waals surface area contributed by atoms with E-state index in [9.17, 15) is 5.11 Å². The fourth-order valence-corrected chi connectivity index (χ4v) is 1.96. The minimum Gasteiger partial charge on any atom is -0.396 e. The maximum Gasteiger partial charge on any atom is 0.0499 e. The lowest BCUT2D eigenvalue weighted by molar-refractivity contribution is 0.114. The molecule has 0 spiro atoms. The molecule has 0 saturated carbocycles. The van der Waals surface area contributed by atoms with E-state index in [1.54, 1.807) is 0 Å². The number of hydrogen-bond donors (Lipinski definition) is 2. The molecule has 0 aromatic heterocycles. The molecule has 0 saturated heterocycles. The van der Waals surface area contributed by atoms with Gasteiger partial charge in [0.25, 0.3) is 0 Å². The third kappa shape index (κ3) is 4.63. The first-order valence-electron chi connectivity index (χ1n) is 6.79. The summed E-state index contributed by atoms with van der Waals surface area (Å²) in [6, 6.07) is 10.3. The second-order valence-electron chi connectivity index (χ2n) is 4.81. The molecule has 2 N–H and O–H groups in total. The Hall–Kier alpha value is -1.12. The highest BCUT2D eigenvalue weighted by atomic mass is 16.3. The van der Waals surface area contributed by atoms with Crippen LogP contribution in [0, 0.1) is 5.41 Å². The van der Waals surface area contributed by atoms with Crippen LogP contribution in [-0.4, -0.2) is 24.8 Å². The van der Waals surface area contributed by atoms with Crippen molar-refractivity contribution in [1.82, 2.24) is 5.32 Å². The predicted octanol–water partition coefficient (Wildman–Crippen LogP) is 3.09. The van der Waals surface area contributed by atoms with Gasteiger partial charge in [-0.1, -0.05) is 56.3 Å². The third-order valence-electron chi connectivity index (χ3n) is 3.71. The summed E-state index contributed by atoms with van der Waals surface area (Å²) in [6.45, 7) is 6.25. The molecule has 0 atom stereocenters. The van der Waals surface area contributed by atoms with Gasteiger partial charge in [0.05, 0.1) is 0 Å². The summed E-state index contributed by atoms with van der Waals surface area (Å²) in [5.74, 6) is 0. The maximum atomic E-state index is 9.45. The average Bonchev–Trinajstić information content (AvgIpc) is 2.45. The van der Waals surface area contributed by atoms with Crippen LogP contribution >= 0.6 is 0 Å². The van der Waals surface area contributed by atoms with Crippen molar-refractivity contribution in [2.45, 2.75) is 26.7 Å². The molecule has 0 unspecified atom stereocenters. The molecule has 0 aliphatic carbocycles. The van der Waals surface area contributed by atoms with Gasteiger partial charge in [-0.25, -0.2) is 0 Å². The first kappa shape index (κ1) is 14.9. The van der Waals surface area contributed by atoms with E-state index in [1.807, 2.05) is 18.2 Å². The molecule has 1 aromatic rings. The van der Waals surface area contributed by atoms with Crippen LogP contribution < -0.4 is 5.32 Å². The normalized spacial score (nSPS) is 12.2. The Bertz CT molecular complexity index is 333. The Balaban J connectivity index is 2.32. The van der Waals surface area contributed by atoms with Gasteiger partial charge in [0, 0.05) is 25.1 Å². The highest BCUT2D eigenvalue weighted by Gasteiger charge is 2.24. The maximum absolute atomic E-state index is 9.45. The van der Waals surface area contributed by atoms with E-state index in [-0.39, 0.29) is 12.0 Å². The first-order chi connectivity index (χ1) is 8.76. The Morgan fingerprint density at radius 3 is 2.39 bits per heavy atom. The minimum absolute atomic E-state index is 0.0422. The molecule has 0 bridgehead atoms. The zero-order valence-corrected chi connectivity index (χ0v) is 11.5. The molecule has 0 amide bonds. The number of aliphatic hydroxyl groups excluding tert-OH is 1. The highest BCUT2D eigenvalue weighted by Crippen LogP contribution is 2.24. The lowest BCUT2D eigenvalue weighted by atomic mass is 9.83. The predicted molar refractivity (Wildman–Crippen MR) is 78.4 cm³/mol. The largest absolute Gasteiger partial charge is 0.396 e. The van der Waals surface area contributed by atoms with E-state index in [0.717, 1.165) is 25.9 Å². The van der Waals surface area contributed by atoms with Crippen molar-refractivity contribution < 1.29 is 5.11 Å². The second-order valence-corrected chi connectivity index (χ2v) is 4.81. The highest BCUT2D eigenvalue weighted by molar-refractivity contribution is 5.48.